The normalized spacial score (nSPS) is 13.1. The Bertz CT molecular complexity index is 1060. The van der Waals surface area contributed by atoms with E-state index in [9.17, 15) is 9.59 Å². The maximum atomic E-state index is 12.4. The number of nitrogens with one attached hydrogen (secondary N) is 2. The minimum absolute atomic E-state index is 0.267. The Balaban J connectivity index is 1.24. The van der Waals surface area contributed by atoms with E-state index in [1.165, 1.54) is 34.6 Å². The molecule has 1 aliphatic rings. The van der Waals surface area contributed by atoms with E-state index >= 15 is 0 Å². The van der Waals surface area contributed by atoms with Gasteiger partial charge in [0.15, 0.2) is 6.61 Å². The van der Waals surface area contributed by atoms with Gasteiger partial charge in [0.05, 0.1) is 5.56 Å². The standard InChI is InChI=1S/C24H26N2O3S/c1-16-6-9-18(10-7-16)30-13-12-25-23(27)15-29-24(28)17-8-11-22-20(14-17)19-4-2-3-5-21(19)26-22/h6-11,14,26H,2-5,12-13,15H2,1H3,(H,25,27). The van der Waals surface area contributed by atoms with Gasteiger partial charge in [0, 0.05) is 33.8 Å². The Morgan fingerprint density at radius 2 is 1.90 bits per heavy atom. The summed E-state index contributed by atoms with van der Waals surface area (Å²) in [4.78, 5) is 29.0. The summed E-state index contributed by atoms with van der Waals surface area (Å²) in [6, 6.07) is 13.8. The number of fused-ring (bicyclic) bond motifs is 3. The number of amides is 1. The Labute approximate surface area is 180 Å². The molecular formula is C24H26N2O3S. The van der Waals surface area contributed by atoms with Crippen molar-refractivity contribution in [2.45, 2.75) is 37.5 Å². The van der Waals surface area contributed by atoms with Crippen LogP contribution in [0.3, 0.4) is 0 Å². The molecule has 0 atom stereocenters. The molecule has 1 aromatic heterocycles. The fourth-order valence-electron chi connectivity index (χ4n) is 3.79. The van der Waals surface area contributed by atoms with Crippen molar-refractivity contribution in [2.24, 2.45) is 0 Å². The highest BCUT2D eigenvalue weighted by Gasteiger charge is 2.17. The number of rotatable bonds is 7. The maximum Gasteiger partial charge on any atom is 0.338 e. The molecule has 0 fully saturated rings. The molecule has 156 valence electrons. The number of ether oxygens (including phenoxy) is 1. The molecule has 0 aliphatic heterocycles. The zero-order valence-corrected chi connectivity index (χ0v) is 17.9. The second kappa shape index (κ2) is 9.39. The SMILES string of the molecule is Cc1ccc(SCCNC(=O)COC(=O)c2ccc3[nH]c4c(c3c2)CCCC4)cc1. The van der Waals surface area contributed by atoms with Crippen LogP contribution in [0.2, 0.25) is 0 Å². The summed E-state index contributed by atoms with van der Waals surface area (Å²) < 4.78 is 5.22. The lowest BCUT2D eigenvalue weighted by molar-refractivity contribution is -0.124. The van der Waals surface area contributed by atoms with Gasteiger partial charge in [-0.1, -0.05) is 17.7 Å². The Morgan fingerprint density at radius 3 is 2.73 bits per heavy atom. The predicted octanol–water partition coefficient (Wildman–Crippen LogP) is 4.42. The van der Waals surface area contributed by atoms with E-state index in [0.29, 0.717) is 12.1 Å². The highest BCUT2D eigenvalue weighted by Crippen LogP contribution is 2.29. The van der Waals surface area contributed by atoms with Gasteiger partial charge in [-0.3, -0.25) is 4.79 Å². The number of hydrogen-bond acceptors (Lipinski definition) is 4. The number of aromatic nitrogens is 1. The highest BCUT2D eigenvalue weighted by molar-refractivity contribution is 7.99. The van der Waals surface area contributed by atoms with Gasteiger partial charge in [0.1, 0.15) is 0 Å². The van der Waals surface area contributed by atoms with Crippen LogP contribution >= 0.6 is 11.8 Å². The van der Waals surface area contributed by atoms with Gasteiger partial charge < -0.3 is 15.0 Å². The molecule has 0 saturated heterocycles. The minimum Gasteiger partial charge on any atom is -0.452 e. The Morgan fingerprint density at radius 1 is 1.10 bits per heavy atom. The van der Waals surface area contributed by atoms with Crippen LogP contribution in [0.15, 0.2) is 47.4 Å². The average molecular weight is 423 g/mol. The predicted molar refractivity (Wildman–Crippen MR) is 120 cm³/mol. The van der Waals surface area contributed by atoms with Crippen molar-refractivity contribution in [3.63, 3.8) is 0 Å². The van der Waals surface area contributed by atoms with E-state index in [4.69, 9.17) is 4.74 Å². The van der Waals surface area contributed by atoms with Crippen LogP contribution in [0.4, 0.5) is 0 Å². The molecule has 1 amide bonds. The number of thioether (sulfide) groups is 1. The summed E-state index contributed by atoms with van der Waals surface area (Å²) in [5, 5.41) is 3.89. The Kier molecular flexibility index (Phi) is 6.43. The summed E-state index contributed by atoms with van der Waals surface area (Å²) in [6.07, 6.45) is 4.48. The molecule has 4 rings (SSSR count). The van der Waals surface area contributed by atoms with Crippen molar-refractivity contribution in [3.8, 4) is 0 Å². The van der Waals surface area contributed by atoms with Crippen molar-refractivity contribution in [1.82, 2.24) is 10.3 Å². The van der Waals surface area contributed by atoms with Gasteiger partial charge in [-0.05, 0) is 68.5 Å². The molecule has 3 aromatic rings. The van der Waals surface area contributed by atoms with Gasteiger partial charge in [0.2, 0.25) is 0 Å². The molecular weight excluding hydrogens is 396 g/mol. The monoisotopic (exact) mass is 422 g/mol. The summed E-state index contributed by atoms with van der Waals surface area (Å²) in [7, 11) is 0. The van der Waals surface area contributed by atoms with Crippen molar-refractivity contribution in [1.29, 1.82) is 0 Å². The van der Waals surface area contributed by atoms with Gasteiger partial charge in [-0.15, -0.1) is 11.8 Å². The van der Waals surface area contributed by atoms with E-state index in [0.717, 1.165) is 29.5 Å². The summed E-state index contributed by atoms with van der Waals surface area (Å²) >= 11 is 1.68. The molecule has 0 bridgehead atoms. The van der Waals surface area contributed by atoms with Crippen LogP contribution in [0.25, 0.3) is 10.9 Å². The molecule has 1 heterocycles. The van der Waals surface area contributed by atoms with Crippen LogP contribution < -0.4 is 5.32 Å². The maximum absolute atomic E-state index is 12.4. The molecule has 0 radical (unpaired) electrons. The number of carbonyl (C=O) groups excluding carboxylic acids is 2. The van der Waals surface area contributed by atoms with Crippen molar-refractivity contribution >= 4 is 34.5 Å². The topological polar surface area (TPSA) is 71.2 Å². The molecule has 6 heteroatoms. The second-order valence-corrected chi connectivity index (χ2v) is 8.81. The molecule has 2 N–H and O–H groups in total. The third-order valence-corrected chi connectivity index (χ3v) is 6.40. The molecule has 0 spiro atoms. The van der Waals surface area contributed by atoms with Crippen molar-refractivity contribution in [2.75, 3.05) is 18.9 Å². The first-order valence-corrected chi connectivity index (χ1v) is 11.4. The van der Waals surface area contributed by atoms with Crippen LogP contribution in [0.1, 0.15) is 40.0 Å². The van der Waals surface area contributed by atoms with Crippen LogP contribution in [-0.4, -0.2) is 35.8 Å². The number of carbonyl (C=O) groups is 2. The van der Waals surface area contributed by atoms with Crippen LogP contribution in [-0.2, 0) is 22.4 Å². The molecule has 2 aromatic carbocycles. The number of esters is 1. The fraction of sp³-hybridized carbons (Fsp3) is 0.333. The van der Waals surface area contributed by atoms with Crippen LogP contribution in [0, 0.1) is 6.92 Å². The lowest BCUT2D eigenvalue weighted by Gasteiger charge is -2.10. The van der Waals surface area contributed by atoms with E-state index in [2.05, 4.69) is 41.5 Å². The first-order chi connectivity index (χ1) is 14.6. The van der Waals surface area contributed by atoms with E-state index in [-0.39, 0.29) is 12.5 Å². The molecule has 0 saturated carbocycles. The third kappa shape index (κ3) is 4.87. The minimum atomic E-state index is -0.466. The van der Waals surface area contributed by atoms with E-state index in [1.807, 2.05) is 12.1 Å². The first-order valence-electron chi connectivity index (χ1n) is 10.4. The number of H-pyrrole nitrogens is 1. The lowest BCUT2D eigenvalue weighted by atomic mass is 9.95. The van der Waals surface area contributed by atoms with Crippen LogP contribution in [0.5, 0.6) is 0 Å². The largest absolute Gasteiger partial charge is 0.452 e. The number of hydrogen-bond donors (Lipinski definition) is 2. The van der Waals surface area contributed by atoms with E-state index in [1.54, 1.807) is 17.8 Å². The first kappa shape index (κ1) is 20.5. The zero-order chi connectivity index (χ0) is 20.9. The van der Waals surface area contributed by atoms with Crippen molar-refractivity contribution < 1.29 is 14.3 Å². The fourth-order valence-corrected chi connectivity index (χ4v) is 4.56. The van der Waals surface area contributed by atoms with Gasteiger partial charge in [0.25, 0.3) is 5.91 Å². The highest BCUT2D eigenvalue weighted by atomic mass is 32.2. The molecule has 5 nitrogen and oxygen atoms in total. The van der Waals surface area contributed by atoms with Crippen molar-refractivity contribution in [3.05, 3.63) is 64.8 Å². The zero-order valence-electron chi connectivity index (χ0n) is 17.1. The second-order valence-electron chi connectivity index (χ2n) is 7.64. The van der Waals surface area contributed by atoms with Gasteiger partial charge in [-0.25, -0.2) is 4.79 Å². The Hall–Kier alpha value is -2.73. The number of aryl methyl sites for hydroxylation is 3. The summed E-state index contributed by atoms with van der Waals surface area (Å²) in [5.41, 5.74) is 5.37. The average Bonchev–Trinajstić information content (AvgIpc) is 3.14. The van der Waals surface area contributed by atoms with E-state index < -0.39 is 5.97 Å². The van der Waals surface area contributed by atoms with Gasteiger partial charge in [-0.2, -0.15) is 0 Å². The third-order valence-electron chi connectivity index (χ3n) is 5.38. The number of aromatic amines is 1. The lowest BCUT2D eigenvalue weighted by Crippen LogP contribution is -2.30. The summed E-state index contributed by atoms with van der Waals surface area (Å²) in [6.45, 7) is 2.31. The molecule has 1 aliphatic carbocycles. The number of benzene rings is 2. The molecule has 30 heavy (non-hydrogen) atoms. The molecule has 0 unspecified atom stereocenters. The smallest absolute Gasteiger partial charge is 0.338 e. The quantitative estimate of drug-likeness (QED) is 0.336. The van der Waals surface area contributed by atoms with Gasteiger partial charge >= 0.3 is 5.97 Å². The summed E-state index contributed by atoms with van der Waals surface area (Å²) in [5.74, 6) is 0.0117.